The molecule has 0 aliphatic heterocycles. The van der Waals surface area contributed by atoms with Crippen molar-refractivity contribution in [2.24, 2.45) is 4.99 Å². The molecule has 0 saturated heterocycles. The number of nitrogens with zero attached hydrogens (tertiary/aromatic N) is 2. The van der Waals surface area contributed by atoms with Gasteiger partial charge >= 0.3 is 5.63 Å². The molecule has 5 heteroatoms. The first-order valence-electron chi connectivity index (χ1n) is 9.83. The van der Waals surface area contributed by atoms with Gasteiger partial charge in [0.1, 0.15) is 5.76 Å². The Hall–Kier alpha value is -3.31. The molecular formula is C25H22N2O2S. The summed E-state index contributed by atoms with van der Waals surface area (Å²) >= 11 is 1.48. The number of rotatable bonds is 5. The molecule has 0 atom stereocenters. The van der Waals surface area contributed by atoms with Gasteiger partial charge in [-0.2, -0.15) is 0 Å². The quantitative estimate of drug-likeness (QED) is 0.357. The van der Waals surface area contributed by atoms with Crippen LogP contribution in [0.25, 0.3) is 10.4 Å². The van der Waals surface area contributed by atoms with Crippen LogP contribution in [0.5, 0.6) is 0 Å². The summed E-state index contributed by atoms with van der Waals surface area (Å²) < 4.78 is 5.33. The molecule has 0 amide bonds. The van der Waals surface area contributed by atoms with Crippen LogP contribution in [0.1, 0.15) is 42.3 Å². The average molecular weight is 415 g/mol. The summed E-state index contributed by atoms with van der Waals surface area (Å²) in [7, 11) is 0. The van der Waals surface area contributed by atoms with Crippen LogP contribution in [0.2, 0.25) is 0 Å². The van der Waals surface area contributed by atoms with Gasteiger partial charge in [-0.05, 0) is 13.0 Å². The van der Waals surface area contributed by atoms with Crippen LogP contribution >= 0.6 is 11.3 Å². The Morgan fingerprint density at radius 1 is 0.967 bits per heavy atom. The van der Waals surface area contributed by atoms with Crippen LogP contribution in [0, 0.1) is 6.92 Å². The summed E-state index contributed by atoms with van der Waals surface area (Å²) in [6.07, 6.45) is 0. The van der Waals surface area contributed by atoms with Crippen molar-refractivity contribution in [1.29, 1.82) is 0 Å². The molecule has 0 unspecified atom stereocenters. The van der Waals surface area contributed by atoms with Crippen molar-refractivity contribution < 1.29 is 4.42 Å². The van der Waals surface area contributed by atoms with Crippen molar-refractivity contribution in [3.8, 4) is 10.4 Å². The molecule has 0 radical (unpaired) electrons. The van der Waals surface area contributed by atoms with Crippen LogP contribution < -0.4 is 5.63 Å². The van der Waals surface area contributed by atoms with E-state index in [1.807, 2.05) is 87.5 Å². The largest absolute Gasteiger partial charge is 0.428 e. The molecule has 2 heterocycles. The second-order valence-corrected chi connectivity index (χ2v) is 8.30. The van der Waals surface area contributed by atoms with Gasteiger partial charge in [-0.3, -0.25) is 0 Å². The van der Waals surface area contributed by atoms with E-state index in [9.17, 15) is 4.79 Å². The minimum atomic E-state index is -0.344. The molecule has 4 nitrogen and oxygen atoms in total. The van der Waals surface area contributed by atoms with E-state index in [0.717, 1.165) is 33.0 Å². The van der Waals surface area contributed by atoms with E-state index in [4.69, 9.17) is 9.41 Å². The van der Waals surface area contributed by atoms with Crippen LogP contribution in [0.4, 0.5) is 5.13 Å². The highest BCUT2D eigenvalue weighted by molar-refractivity contribution is 7.18. The van der Waals surface area contributed by atoms with Gasteiger partial charge in [0.05, 0.1) is 16.3 Å². The number of thiazole rings is 1. The molecule has 4 rings (SSSR count). The first-order valence-corrected chi connectivity index (χ1v) is 10.7. The summed E-state index contributed by atoms with van der Waals surface area (Å²) in [5.41, 5.74) is 4.25. The lowest BCUT2D eigenvalue weighted by atomic mass is 10.0. The molecule has 0 saturated carbocycles. The number of aryl methyl sites for hydroxylation is 1. The Kier molecular flexibility index (Phi) is 5.72. The number of aromatic nitrogens is 1. The Bertz CT molecular complexity index is 1200. The van der Waals surface area contributed by atoms with Crippen molar-refractivity contribution in [3.05, 3.63) is 106 Å². The average Bonchev–Trinajstić information content (AvgIpc) is 3.13. The fourth-order valence-corrected chi connectivity index (χ4v) is 4.13. The molecule has 4 aromatic rings. The molecule has 0 spiro atoms. The highest BCUT2D eigenvalue weighted by Gasteiger charge is 2.15. The van der Waals surface area contributed by atoms with Crippen LogP contribution in [0.3, 0.4) is 0 Å². The SMILES string of the molecule is Cc1nc(N=C(c2ccccc2)c2ccccc2)sc1-c1cc(C(C)C)oc(=O)c1. The fourth-order valence-electron chi connectivity index (χ4n) is 3.19. The van der Waals surface area contributed by atoms with Gasteiger partial charge < -0.3 is 4.42 Å². The lowest BCUT2D eigenvalue weighted by molar-refractivity contribution is 0.441. The van der Waals surface area contributed by atoms with Gasteiger partial charge in [0, 0.05) is 28.7 Å². The van der Waals surface area contributed by atoms with Crippen molar-refractivity contribution in [1.82, 2.24) is 4.98 Å². The molecule has 150 valence electrons. The summed E-state index contributed by atoms with van der Waals surface area (Å²) in [5.74, 6) is 0.802. The van der Waals surface area contributed by atoms with Gasteiger partial charge in [0.2, 0.25) is 5.13 Å². The molecule has 0 aliphatic carbocycles. The number of aliphatic imine (C=N–C) groups is 1. The van der Waals surface area contributed by atoms with Crippen molar-refractivity contribution in [3.63, 3.8) is 0 Å². The van der Waals surface area contributed by atoms with Crippen LogP contribution in [-0.2, 0) is 0 Å². The van der Waals surface area contributed by atoms with Gasteiger partial charge in [-0.25, -0.2) is 14.8 Å². The lowest BCUT2D eigenvalue weighted by Crippen LogP contribution is -2.02. The van der Waals surface area contributed by atoms with Crippen molar-refractivity contribution >= 4 is 22.2 Å². The molecule has 0 bridgehead atoms. The Labute approximate surface area is 179 Å². The van der Waals surface area contributed by atoms with E-state index in [1.165, 1.54) is 17.4 Å². The highest BCUT2D eigenvalue weighted by atomic mass is 32.1. The molecule has 2 aromatic heterocycles. The van der Waals surface area contributed by atoms with E-state index >= 15 is 0 Å². The predicted molar refractivity (Wildman–Crippen MR) is 123 cm³/mol. The zero-order valence-electron chi connectivity index (χ0n) is 17.1. The van der Waals surface area contributed by atoms with Gasteiger partial charge in [-0.15, -0.1) is 0 Å². The molecule has 0 N–H and O–H groups in total. The van der Waals surface area contributed by atoms with Gasteiger partial charge in [-0.1, -0.05) is 85.8 Å². The van der Waals surface area contributed by atoms with E-state index in [0.29, 0.717) is 10.9 Å². The lowest BCUT2D eigenvalue weighted by Gasteiger charge is -2.06. The first kappa shape index (κ1) is 20.0. The van der Waals surface area contributed by atoms with Gasteiger partial charge in [0.25, 0.3) is 0 Å². The van der Waals surface area contributed by atoms with E-state index < -0.39 is 0 Å². The maximum atomic E-state index is 12.0. The normalized spacial score (nSPS) is 10.9. The summed E-state index contributed by atoms with van der Waals surface area (Å²) in [5, 5.41) is 0.657. The van der Waals surface area contributed by atoms with E-state index in [1.54, 1.807) is 0 Å². The van der Waals surface area contributed by atoms with E-state index in [2.05, 4.69) is 4.98 Å². The van der Waals surface area contributed by atoms with Crippen LogP contribution in [0.15, 0.2) is 87.0 Å². The van der Waals surface area contributed by atoms with Crippen molar-refractivity contribution in [2.75, 3.05) is 0 Å². The summed E-state index contributed by atoms with van der Waals surface area (Å²) in [6.45, 7) is 5.95. The first-order chi connectivity index (χ1) is 14.5. The molecule has 30 heavy (non-hydrogen) atoms. The summed E-state index contributed by atoms with van der Waals surface area (Å²) in [4.78, 5) is 22.6. The second-order valence-electron chi connectivity index (χ2n) is 7.33. The Morgan fingerprint density at radius 3 is 2.13 bits per heavy atom. The fraction of sp³-hybridized carbons (Fsp3) is 0.160. The maximum Gasteiger partial charge on any atom is 0.336 e. The highest BCUT2D eigenvalue weighted by Crippen LogP contribution is 2.35. The molecule has 2 aromatic carbocycles. The summed E-state index contributed by atoms with van der Waals surface area (Å²) in [6, 6.07) is 23.6. The minimum Gasteiger partial charge on any atom is -0.428 e. The third-order valence-electron chi connectivity index (χ3n) is 4.71. The smallest absolute Gasteiger partial charge is 0.336 e. The topological polar surface area (TPSA) is 55.5 Å². The molecule has 0 aliphatic rings. The van der Waals surface area contributed by atoms with Crippen LogP contribution in [-0.4, -0.2) is 10.7 Å². The number of hydrogen-bond donors (Lipinski definition) is 0. The third kappa shape index (κ3) is 4.31. The standard InChI is InChI=1S/C25H22N2O2S/c1-16(2)21-14-20(15-22(28)29-21)24-17(3)26-25(30-24)27-23(18-10-6-4-7-11-18)19-12-8-5-9-13-19/h4-16H,1-3H3. The maximum absolute atomic E-state index is 12.0. The minimum absolute atomic E-state index is 0.131. The van der Waals surface area contributed by atoms with Gasteiger partial charge in [0.15, 0.2) is 0 Å². The second kappa shape index (κ2) is 8.59. The Morgan fingerprint density at radius 2 is 1.57 bits per heavy atom. The molecule has 0 fully saturated rings. The predicted octanol–water partition coefficient (Wildman–Crippen LogP) is 6.36. The molecular weight excluding hydrogens is 392 g/mol. The van der Waals surface area contributed by atoms with E-state index in [-0.39, 0.29) is 11.5 Å². The third-order valence-corrected chi connectivity index (χ3v) is 5.81. The number of benzene rings is 2. The van der Waals surface area contributed by atoms with Crippen molar-refractivity contribution in [2.45, 2.75) is 26.7 Å². The zero-order chi connectivity index (χ0) is 21.1. The Balaban J connectivity index is 1.82. The monoisotopic (exact) mass is 414 g/mol. The number of hydrogen-bond acceptors (Lipinski definition) is 5. The zero-order valence-corrected chi connectivity index (χ0v) is 17.9.